The van der Waals surface area contributed by atoms with Crippen LogP contribution < -0.4 is 10.1 Å². The number of aromatic nitrogens is 1. The molecule has 1 heterocycles. The molecular formula is C20H17N3O6. The SMILES string of the molecule is COc1cc([N+](=O)[O-])ccc1NC(=O)COC(=O)c1cccc(-n2cccc2)c1. The van der Waals surface area contributed by atoms with Crippen LogP contribution in [0.4, 0.5) is 11.4 Å². The van der Waals surface area contributed by atoms with Crippen LogP contribution in [0.2, 0.25) is 0 Å². The Morgan fingerprint density at radius 3 is 2.55 bits per heavy atom. The zero-order valence-corrected chi connectivity index (χ0v) is 15.4. The predicted octanol–water partition coefficient (Wildman–Crippen LogP) is 3.19. The van der Waals surface area contributed by atoms with Crippen molar-refractivity contribution in [2.75, 3.05) is 19.0 Å². The van der Waals surface area contributed by atoms with Gasteiger partial charge in [0.25, 0.3) is 11.6 Å². The summed E-state index contributed by atoms with van der Waals surface area (Å²) in [5.74, 6) is -1.13. The summed E-state index contributed by atoms with van der Waals surface area (Å²) < 4.78 is 11.9. The number of nitro benzene ring substituents is 1. The van der Waals surface area contributed by atoms with E-state index in [0.29, 0.717) is 5.56 Å². The van der Waals surface area contributed by atoms with Crippen LogP contribution in [0.3, 0.4) is 0 Å². The fraction of sp³-hybridized carbons (Fsp3) is 0.100. The highest BCUT2D eigenvalue weighted by atomic mass is 16.6. The topological polar surface area (TPSA) is 113 Å². The van der Waals surface area contributed by atoms with Gasteiger partial charge in [-0.2, -0.15) is 0 Å². The van der Waals surface area contributed by atoms with E-state index in [1.807, 2.05) is 35.2 Å². The zero-order valence-electron chi connectivity index (χ0n) is 15.4. The normalized spacial score (nSPS) is 10.2. The molecule has 0 bridgehead atoms. The summed E-state index contributed by atoms with van der Waals surface area (Å²) in [6, 6.07) is 14.3. The maximum Gasteiger partial charge on any atom is 0.338 e. The van der Waals surface area contributed by atoms with E-state index in [0.717, 1.165) is 5.69 Å². The van der Waals surface area contributed by atoms with Crippen molar-refractivity contribution >= 4 is 23.3 Å². The highest BCUT2D eigenvalue weighted by Gasteiger charge is 2.15. The molecule has 3 rings (SSSR count). The fourth-order valence-corrected chi connectivity index (χ4v) is 2.60. The van der Waals surface area contributed by atoms with Gasteiger partial charge in [-0.15, -0.1) is 0 Å². The van der Waals surface area contributed by atoms with Crippen LogP contribution in [0.1, 0.15) is 10.4 Å². The number of esters is 1. The Hall–Kier alpha value is -4.14. The first kappa shape index (κ1) is 19.6. The molecule has 0 fully saturated rings. The van der Waals surface area contributed by atoms with Gasteiger partial charge >= 0.3 is 5.97 Å². The van der Waals surface area contributed by atoms with Crippen molar-refractivity contribution in [2.24, 2.45) is 0 Å². The van der Waals surface area contributed by atoms with Crippen LogP contribution in [-0.2, 0) is 9.53 Å². The second-order valence-corrected chi connectivity index (χ2v) is 5.91. The Bertz CT molecular complexity index is 1050. The van der Waals surface area contributed by atoms with E-state index in [1.54, 1.807) is 18.2 Å². The van der Waals surface area contributed by atoms with Gasteiger partial charge in [0.2, 0.25) is 0 Å². The number of methoxy groups -OCH3 is 1. The van der Waals surface area contributed by atoms with Crippen molar-refractivity contribution in [3.05, 3.63) is 82.7 Å². The summed E-state index contributed by atoms with van der Waals surface area (Å²) in [5, 5.41) is 13.3. The summed E-state index contributed by atoms with van der Waals surface area (Å²) in [4.78, 5) is 34.6. The van der Waals surface area contributed by atoms with Crippen LogP contribution >= 0.6 is 0 Å². The van der Waals surface area contributed by atoms with Crippen LogP contribution in [0.25, 0.3) is 5.69 Å². The third kappa shape index (κ3) is 4.78. The van der Waals surface area contributed by atoms with Crippen LogP contribution in [0, 0.1) is 10.1 Å². The predicted molar refractivity (Wildman–Crippen MR) is 104 cm³/mol. The standard InChI is InChI=1S/C20H17N3O6/c1-28-18-12-16(23(26)27)7-8-17(18)21-19(24)13-29-20(25)14-5-4-6-15(11-14)22-9-2-3-10-22/h2-12H,13H2,1H3,(H,21,24). The number of carbonyl (C=O) groups excluding carboxylic acids is 2. The molecule has 0 saturated heterocycles. The smallest absolute Gasteiger partial charge is 0.338 e. The monoisotopic (exact) mass is 395 g/mol. The Morgan fingerprint density at radius 2 is 1.86 bits per heavy atom. The zero-order chi connectivity index (χ0) is 20.8. The molecule has 9 heteroatoms. The molecule has 0 atom stereocenters. The number of hydrogen-bond acceptors (Lipinski definition) is 6. The number of hydrogen-bond donors (Lipinski definition) is 1. The lowest BCUT2D eigenvalue weighted by Crippen LogP contribution is -2.21. The molecule has 1 amide bonds. The molecule has 0 aliphatic carbocycles. The van der Waals surface area contributed by atoms with Crippen molar-refractivity contribution < 1.29 is 24.0 Å². The highest BCUT2D eigenvalue weighted by Crippen LogP contribution is 2.28. The molecular weight excluding hydrogens is 378 g/mol. The quantitative estimate of drug-likeness (QED) is 0.373. The molecule has 0 radical (unpaired) electrons. The number of amides is 1. The summed E-state index contributed by atoms with van der Waals surface area (Å²) in [7, 11) is 1.33. The first-order valence-electron chi connectivity index (χ1n) is 8.51. The van der Waals surface area contributed by atoms with Gasteiger partial charge < -0.3 is 19.4 Å². The molecule has 0 spiro atoms. The fourth-order valence-electron chi connectivity index (χ4n) is 2.60. The third-order valence-corrected chi connectivity index (χ3v) is 3.99. The van der Waals surface area contributed by atoms with Crippen molar-refractivity contribution in [2.45, 2.75) is 0 Å². The highest BCUT2D eigenvalue weighted by molar-refractivity contribution is 5.96. The van der Waals surface area contributed by atoms with Gasteiger partial charge in [0.15, 0.2) is 6.61 Å². The average Bonchev–Trinajstić information content (AvgIpc) is 3.27. The minimum Gasteiger partial charge on any atom is -0.494 e. The molecule has 0 saturated carbocycles. The van der Waals surface area contributed by atoms with E-state index in [-0.39, 0.29) is 17.1 Å². The summed E-state index contributed by atoms with van der Waals surface area (Å²) in [6.07, 6.45) is 3.69. The van der Waals surface area contributed by atoms with Crippen molar-refractivity contribution in [1.82, 2.24) is 4.57 Å². The number of nitrogens with one attached hydrogen (secondary N) is 1. The second-order valence-electron chi connectivity index (χ2n) is 5.91. The van der Waals surface area contributed by atoms with Gasteiger partial charge in [0.05, 0.1) is 29.4 Å². The van der Waals surface area contributed by atoms with Gasteiger partial charge in [0, 0.05) is 24.1 Å². The Balaban J connectivity index is 1.62. The minimum absolute atomic E-state index is 0.123. The number of rotatable bonds is 7. The van der Waals surface area contributed by atoms with Crippen molar-refractivity contribution in [3.63, 3.8) is 0 Å². The lowest BCUT2D eigenvalue weighted by molar-refractivity contribution is -0.384. The van der Waals surface area contributed by atoms with Crippen LogP contribution in [-0.4, -0.2) is 35.1 Å². The van der Waals surface area contributed by atoms with Gasteiger partial charge in [-0.05, 0) is 36.4 Å². The van der Waals surface area contributed by atoms with Gasteiger partial charge in [-0.1, -0.05) is 6.07 Å². The largest absolute Gasteiger partial charge is 0.494 e. The lowest BCUT2D eigenvalue weighted by atomic mass is 10.2. The number of benzene rings is 2. The Morgan fingerprint density at radius 1 is 1.10 bits per heavy atom. The Kier molecular flexibility index (Phi) is 5.88. The molecule has 2 aromatic carbocycles. The summed E-state index contributed by atoms with van der Waals surface area (Å²) in [6.45, 7) is -0.521. The first-order valence-corrected chi connectivity index (χ1v) is 8.51. The van der Waals surface area contributed by atoms with Crippen molar-refractivity contribution in [3.8, 4) is 11.4 Å². The van der Waals surface area contributed by atoms with Crippen LogP contribution in [0.5, 0.6) is 5.75 Å². The first-order chi connectivity index (χ1) is 14.0. The Labute approximate surface area is 165 Å². The molecule has 1 aromatic heterocycles. The second kappa shape index (κ2) is 8.70. The number of anilines is 1. The lowest BCUT2D eigenvalue weighted by Gasteiger charge is -2.10. The number of carbonyl (C=O) groups is 2. The number of ether oxygens (including phenoxy) is 2. The van der Waals surface area contributed by atoms with Crippen LogP contribution in [0.15, 0.2) is 67.0 Å². The van der Waals surface area contributed by atoms with Gasteiger partial charge in [0.1, 0.15) is 5.75 Å². The van der Waals surface area contributed by atoms with E-state index < -0.39 is 23.4 Å². The van der Waals surface area contributed by atoms with E-state index in [1.165, 1.54) is 25.3 Å². The summed E-state index contributed by atoms with van der Waals surface area (Å²) in [5.41, 5.74) is 1.14. The minimum atomic E-state index is -0.648. The summed E-state index contributed by atoms with van der Waals surface area (Å²) >= 11 is 0. The molecule has 0 aliphatic rings. The molecule has 1 N–H and O–H groups in total. The number of nitro groups is 1. The van der Waals surface area contributed by atoms with E-state index in [9.17, 15) is 19.7 Å². The van der Waals surface area contributed by atoms with Gasteiger partial charge in [-0.25, -0.2) is 4.79 Å². The van der Waals surface area contributed by atoms with E-state index in [4.69, 9.17) is 9.47 Å². The molecule has 0 aliphatic heterocycles. The van der Waals surface area contributed by atoms with E-state index in [2.05, 4.69) is 5.32 Å². The maximum atomic E-state index is 12.3. The molecule has 9 nitrogen and oxygen atoms in total. The average molecular weight is 395 g/mol. The third-order valence-electron chi connectivity index (χ3n) is 3.99. The molecule has 29 heavy (non-hydrogen) atoms. The number of non-ortho nitro benzene ring substituents is 1. The molecule has 148 valence electrons. The molecule has 3 aromatic rings. The van der Waals surface area contributed by atoms with Crippen molar-refractivity contribution in [1.29, 1.82) is 0 Å². The molecule has 0 unspecified atom stereocenters. The van der Waals surface area contributed by atoms with Gasteiger partial charge in [-0.3, -0.25) is 14.9 Å². The van der Waals surface area contributed by atoms with E-state index >= 15 is 0 Å². The maximum absolute atomic E-state index is 12.3. The number of nitrogens with zero attached hydrogens (tertiary/aromatic N) is 2.